The summed E-state index contributed by atoms with van der Waals surface area (Å²) in [4.78, 5) is 2.80. The predicted molar refractivity (Wildman–Crippen MR) is 92.8 cm³/mol. The normalized spacial score (nSPS) is 25.3. The van der Waals surface area contributed by atoms with Gasteiger partial charge in [0, 0.05) is 18.6 Å². The van der Waals surface area contributed by atoms with Gasteiger partial charge in [-0.3, -0.25) is 0 Å². The minimum absolute atomic E-state index is 0.251. The molecule has 0 aromatic rings. The van der Waals surface area contributed by atoms with Crippen LogP contribution in [0, 0.1) is 5.41 Å². The highest BCUT2D eigenvalue weighted by Crippen LogP contribution is 2.37. The first-order valence-corrected chi connectivity index (χ1v) is 9.47. The molecule has 2 heteroatoms. The molecule has 0 amide bonds. The first-order valence-electron chi connectivity index (χ1n) is 9.47. The average Bonchev–Trinajstić information content (AvgIpc) is 2.40. The molecule has 1 saturated carbocycles. The molecule has 0 aromatic carbocycles. The summed E-state index contributed by atoms with van der Waals surface area (Å²) in [5, 5.41) is 3.82. The van der Waals surface area contributed by atoms with E-state index < -0.39 is 0 Å². The van der Waals surface area contributed by atoms with E-state index in [1.165, 1.54) is 90.4 Å². The van der Waals surface area contributed by atoms with E-state index in [-0.39, 0.29) is 5.54 Å². The highest BCUT2D eigenvalue weighted by Gasteiger charge is 2.34. The molecule has 1 aliphatic heterocycles. The zero-order chi connectivity index (χ0) is 15.2. The second-order valence-corrected chi connectivity index (χ2v) is 8.71. The van der Waals surface area contributed by atoms with Gasteiger partial charge >= 0.3 is 0 Å². The smallest absolute Gasteiger partial charge is 0.00967 e. The van der Waals surface area contributed by atoms with E-state index >= 15 is 0 Å². The Morgan fingerprint density at radius 3 is 1.90 bits per heavy atom. The molecule has 1 aliphatic carbocycles. The Hall–Kier alpha value is -0.0800. The second-order valence-electron chi connectivity index (χ2n) is 8.71. The quantitative estimate of drug-likeness (QED) is 0.815. The van der Waals surface area contributed by atoms with Crippen molar-refractivity contribution in [3.05, 3.63) is 0 Å². The van der Waals surface area contributed by atoms with Crippen LogP contribution in [0.4, 0.5) is 0 Å². The third kappa shape index (κ3) is 6.28. The lowest BCUT2D eigenvalue weighted by Crippen LogP contribution is -2.50. The highest BCUT2D eigenvalue weighted by molar-refractivity contribution is 4.90. The Labute approximate surface area is 133 Å². The fourth-order valence-corrected chi connectivity index (χ4v) is 4.09. The molecular formula is C19H38N2. The fourth-order valence-electron chi connectivity index (χ4n) is 4.09. The average molecular weight is 295 g/mol. The van der Waals surface area contributed by atoms with E-state index in [4.69, 9.17) is 0 Å². The molecule has 124 valence electrons. The third-order valence-corrected chi connectivity index (χ3v) is 5.42. The molecule has 1 N–H and O–H groups in total. The number of nitrogens with zero attached hydrogens (tertiary/aromatic N) is 1. The van der Waals surface area contributed by atoms with Crippen LogP contribution in [0.15, 0.2) is 0 Å². The summed E-state index contributed by atoms with van der Waals surface area (Å²) >= 11 is 0. The summed E-state index contributed by atoms with van der Waals surface area (Å²) in [5.74, 6) is 0. The molecule has 1 saturated heterocycles. The summed E-state index contributed by atoms with van der Waals surface area (Å²) in [6.45, 7) is 12.2. The van der Waals surface area contributed by atoms with E-state index in [0.29, 0.717) is 5.41 Å². The summed E-state index contributed by atoms with van der Waals surface area (Å²) in [5.41, 5.74) is 0.797. The van der Waals surface area contributed by atoms with Crippen molar-refractivity contribution in [2.24, 2.45) is 5.41 Å². The van der Waals surface area contributed by atoms with Crippen LogP contribution in [0.1, 0.15) is 85.0 Å². The van der Waals surface area contributed by atoms with Crippen molar-refractivity contribution in [1.82, 2.24) is 10.2 Å². The van der Waals surface area contributed by atoms with E-state index in [2.05, 4.69) is 31.0 Å². The molecule has 0 atom stereocenters. The molecule has 2 fully saturated rings. The van der Waals surface area contributed by atoms with Gasteiger partial charge in [-0.15, -0.1) is 0 Å². The lowest BCUT2D eigenvalue weighted by molar-refractivity contribution is 0.0897. The standard InChI is InChI=1S/C19H38N2/c1-18(2,3)20-16-19(12-8-7-9-13-19)17-21-14-10-5-4-6-11-15-21/h20H,4-17H2,1-3H3. The summed E-state index contributed by atoms with van der Waals surface area (Å²) in [7, 11) is 0. The maximum atomic E-state index is 3.82. The lowest BCUT2D eigenvalue weighted by Gasteiger charge is -2.43. The van der Waals surface area contributed by atoms with Crippen molar-refractivity contribution >= 4 is 0 Å². The first-order chi connectivity index (χ1) is 9.99. The Kier molecular flexibility index (Phi) is 6.55. The van der Waals surface area contributed by atoms with Gasteiger partial charge in [0.05, 0.1) is 0 Å². The van der Waals surface area contributed by atoms with Gasteiger partial charge in [0.25, 0.3) is 0 Å². The van der Waals surface area contributed by atoms with Crippen LogP contribution in [-0.4, -0.2) is 36.6 Å². The van der Waals surface area contributed by atoms with Crippen LogP contribution in [-0.2, 0) is 0 Å². The largest absolute Gasteiger partial charge is 0.311 e. The van der Waals surface area contributed by atoms with Gasteiger partial charge in [0.15, 0.2) is 0 Å². The number of likely N-dealkylation sites (tertiary alicyclic amines) is 1. The molecule has 0 bridgehead atoms. The molecule has 1 heterocycles. The number of hydrogen-bond acceptors (Lipinski definition) is 2. The van der Waals surface area contributed by atoms with Crippen LogP contribution < -0.4 is 5.32 Å². The van der Waals surface area contributed by atoms with E-state index in [0.717, 1.165) is 0 Å². The maximum Gasteiger partial charge on any atom is 0.00967 e. The molecule has 21 heavy (non-hydrogen) atoms. The number of hydrogen-bond donors (Lipinski definition) is 1. The Morgan fingerprint density at radius 1 is 0.810 bits per heavy atom. The summed E-state index contributed by atoms with van der Waals surface area (Å²) in [6, 6.07) is 0. The Balaban J connectivity index is 1.93. The maximum absolute atomic E-state index is 3.82. The Bertz CT molecular complexity index is 278. The summed E-state index contributed by atoms with van der Waals surface area (Å²) < 4.78 is 0. The monoisotopic (exact) mass is 294 g/mol. The van der Waals surface area contributed by atoms with Crippen LogP contribution in [0.5, 0.6) is 0 Å². The predicted octanol–water partition coefficient (Wildman–Crippen LogP) is 4.59. The minimum Gasteiger partial charge on any atom is -0.311 e. The second kappa shape index (κ2) is 7.97. The van der Waals surface area contributed by atoms with Crippen molar-refractivity contribution < 1.29 is 0 Å². The van der Waals surface area contributed by atoms with Gasteiger partial charge < -0.3 is 10.2 Å². The molecular weight excluding hydrogens is 256 g/mol. The van der Waals surface area contributed by atoms with Gasteiger partial charge in [-0.1, -0.05) is 38.5 Å². The molecule has 0 aromatic heterocycles. The SMILES string of the molecule is CC(C)(C)NCC1(CN2CCCCCCC2)CCCCC1. The molecule has 0 spiro atoms. The van der Waals surface area contributed by atoms with Gasteiger partial charge in [-0.2, -0.15) is 0 Å². The van der Waals surface area contributed by atoms with Gasteiger partial charge in [-0.05, 0) is 65.0 Å². The van der Waals surface area contributed by atoms with E-state index in [9.17, 15) is 0 Å². The van der Waals surface area contributed by atoms with Crippen molar-refractivity contribution in [3.8, 4) is 0 Å². The van der Waals surface area contributed by atoms with Crippen molar-refractivity contribution in [2.75, 3.05) is 26.2 Å². The molecule has 2 aliphatic rings. The number of rotatable bonds is 4. The minimum atomic E-state index is 0.251. The third-order valence-electron chi connectivity index (χ3n) is 5.42. The fraction of sp³-hybridized carbons (Fsp3) is 1.00. The number of nitrogens with one attached hydrogen (secondary N) is 1. The van der Waals surface area contributed by atoms with Gasteiger partial charge in [-0.25, -0.2) is 0 Å². The van der Waals surface area contributed by atoms with Crippen molar-refractivity contribution in [3.63, 3.8) is 0 Å². The lowest BCUT2D eigenvalue weighted by atomic mass is 9.73. The highest BCUT2D eigenvalue weighted by atomic mass is 15.1. The Morgan fingerprint density at radius 2 is 1.33 bits per heavy atom. The van der Waals surface area contributed by atoms with Crippen LogP contribution >= 0.6 is 0 Å². The van der Waals surface area contributed by atoms with Crippen molar-refractivity contribution in [1.29, 1.82) is 0 Å². The zero-order valence-corrected chi connectivity index (χ0v) is 14.8. The van der Waals surface area contributed by atoms with Crippen molar-refractivity contribution in [2.45, 2.75) is 90.5 Å². The molecule has 0 radical (unpaired) electrons. The van der Waals surface area contributed by atoms with Crippen LogP contribution in [0.3, 0.4) is 0 Å². The summed E-state index contributed by atoms with van der Waals surface area (Å²) in [6.07, 6.45) is 14.4. The van der Waals surface area contributed by atoms with Crippen LogP contribution in [0.25, 0.3) is 0 Å². The van der Waals surface area contributed by atoms with Gasteiger partial charge in [0.2, 0.25) is 0 Å². The van der Waals surface area contributed by atoms with Crippen LogP contribution in [0.2, 0.25) is 0 Å². The molecule has 2 rings (SSSR count). The first kappa shape index (κ1) is 17.3. The molecule has 2 nitrogen and oxygen atoms in total. The topological polar surface area (TPSA) is 15.3 Å². The zero-order valence-electron chi connectivity index (χ0n) is 14.8. The van der Waals surface area contributed by atoms with E-state index in [1.807, 2.05) is 0 Å². The van der Waals surface area contributed by atoms with E-state index in [1.54, 1.807) is 0 Å². The van der Waals surface area contributed by atoms with Gasteiger partial charge in [0.1, 0.15) is 0 Å². The molecule has 0 unspecified atom stereocenters.